The molecule has 2 atom stereocenters. The smallest absolute Gasteiger partial charge is 0.408 e. The van der Waals surface area contributed by atoms with E-state index in [-0.39, 0.29) is 11.3 Å². The summed E-state index contributed by atoms with van der Waals surface area (Å²) in [6.07, 6.45) is -0.442. The monoisotopic (exact) mass is 527 g/mol. The number of nitrogens with one attached hydrogen (secondary N) is 2. The van der Waals surface area contributed by atoms with Gasteiger partial charge in [0, 0.05) is 16.8 Å². The lowest BCUT2D eigenvalue weighted by Crippen LogP contribution is -2.59. The van der Waals surface area contributed by atoms with Crippen LogP contribution in [0.5, 0.6) is 5.75 Å². The van der Waals surface area contributed by atoms with Crippen molar-refractivity contribution in [3.63, 3.8) is 0 Å². The Kier molecular flexibility index (Phi) is 9.92. The van der Waals surface area contributed by atoms with Gasteiger partial charge in [-0.15, -0.1) is 0 Å². The van der Waals surface area contributed by atoms with Crippen LogP contribution in [0, 0.1) is 13.8 Å². The number of hydrogen-bond acceptors (Lipinski definition) is 6. The summed E-state index contributed by atoms with van der Waals surface area (Å²) in [7, 11) is 0. The summed E-state index contributed by atoms with van der Waals surface area (Å²) in [5, 5.41) is 26.3. The van der Waals surface area contributed by atoms with Crippen molar-refractivity contribution in [1.82, 2.24) is 10.2 Å². The van der Waals surface area contributed by atoms with Crippen LogP contribution in [0.25, 0.3) is 0 Å². The standard InChI is InChI=1S/C29H41N3O6/c1-9-29(7,8)32(26(36)21(17-33)30-27(37)38-28(4,5)6)24(20-15-10-11-16-22(20)34)25(35)31-23-18(2)13-12-14-19(23)3/h10-16,21,24,33-34H,9,17H2,1-8H3,(H,30,37)(H,31,35). The summed E-state index contributed by atoms with van der Waals surface area (Å²) < 4.78 is 5.28. The molecule has 38 heavy (non-hydrogen) atoms. The van der Waals surface area contributed by atoms with Crippen molar-refractivity contribution in [2.75, 3.05) is 11.9 Å². The lowest BCUT2D eigenvalue weighted by molar-refractivity contribution is -0.148. The molecule has 2 rings (SSSR count). The van der Waals surface area contributed by atoms with Crippen molar-refractivity contribution in [2.24, 2.45) is 0 Å². The number of carbonyl (C=O) groups excluding carboxylic acids is 3. The van der Waals surface area contributed by atoms with Gasteiger partial charge in [0.2, 0.25) is 5.91 Å². The SMILES string of the molecule is CCC(C)(C)N(C(=O)C(CO)NC(=O)OC(C)(C)C)C(C(=O)Nc1c(C)cccc1C)c1ccccc1O. The van der Waals surface area contributed by atoms with E-state index >= 15 is 0 Å². The normalized spacial score (nSPS) is 13.3. The van der Waals surface area contributed by atoms with E-state index in [4.69, 9.17) is 4.74 Å². The second-order valence-electron chi connectivity index (χ2n) is 11.0. The van der Waals surface area contributed by atoms with Crippen molar-refractivity contribution >= 4 is 23.6 Å². The minimum absolute atomic E-state index is 0.167. The molecule has 0 aromatic heterocycles. The number of anilines is 1. The van der Waals surface area contributed by atoms with Gasteiger partial charge in [-0.05, 0) is 72.1 Å². The highest BCUT2D eigenvalue weighted by Gasteiger charge is 2.44. The van der Waals surface area contributed by atoms with Crippen molar-refractivity contribution < 1.29 is 29.3 Å². The molecule has 0 saturated carbocycles. The first kappa shape index (κ1) is 30.6. The number of phenols is 1. The highest BCUT2D eigenvalue weighted by molar-refractivity contribution is 6.00. The summed E-state index contributed by atoms with van der Waals surface area (Å²) in [5.74, 6) is -1.41. The van der Waals surface area contributed by atoms with Crippen LogP contribution in [0.3, 0.4) is 0 Å². The number of aryl methyl sites for hydroxylation is 2. The zero-order chi connectivity index (χ0) is 28.8. The van der Waals surface area contributed by atoms with Crippen molar-refractivity contribution in [3.05, 3.63) is 59.2 Å². The molecule has 4 N–H and O–H groups in total. The third kappa shape index (κ3) is 7.47. The van der Waals surface area contributed by atoms with Gasteiger partial charge in [0.05, 0.1) is 6.61 Å². The van der Waals surface area contributed by atoms with Crippen LogP contribution in [-0.2, 0) is 14.3 Å². The number of hydrogen-bond donors (Lipinski definition) is 4. The molecule has 0 saturated heterocycles. The number of aliphatic hydroxyl groups excluding tert-OH is 1. The molecule has 208 valence electrons. The van der Waals surface area contributed by atoms with Crippen LogP contribution in [0.2, 0.25) is 0 Å². The first-order valence-electron chi connectivity index (χ1n) is 12.7. The summed E-state index contributed by atoms with van der Waals surface area (Å²) in [6, 6.07) is 9.24. The van der Waals surface area contributed by atoms with E-state index < -0.39 is 47.7 Å². The fraction of sp³-hybridized carbons (Fsp3) is 0.483. The summed E-state index contributed by atoms with van der Waals surface area (Å²) in [5.41, 5.74) is 0.735. The summed E-state index contributed by atoms with van der Waals surface area (Å²) in [6.45, 7) is 13.5. The molecule has 0 aliphatic rings. The molecule has 0 bridgehead atoms. The maximum atomic E-state index is 14.0. The molecule has 0 aliphatic heterocycles. The number of benzene rings is 2. The van der Waals surface area contributed by atoms with Crippen molar-refractivity contribution in [1.29, 1.82) is 0 Å². The number of phenolic OH excluding ortho intramolecular Hbond substituents is 1. The number of ether oxygens (including phenoxy) is 1. The number of aliphatic hydroxyl groups is 1. The first-order chi connectivity index (χ1) is 17.6. The van der Waals surface area contributed by atoms with Crippen molar-refractivity contribution in [3.8, 4) is 5.75 Å². The van der Waals surface area contributed by atoms with Gasteiger partial charge in [0.15, 0.2) is 0 Å². The predicted octanol–water partition coefficient (Wildman–Crippen LogP) is 4.59. The Balaban J connectivity index is 2.64. The second-order valence-corrected chi connectivity index (χ2v) is 11.0. The Hall–Kier alpha value is -3.59. The van der Waals surface area contributed by atoms with Gasteiger partial charge < -0.3 is 30.5 Å². The molecule has 2 unspecified atom stereocenters. The van der Waals surface area contributed by atoms with Gasteiger partial charge in [0.25, 0.3) is 5.91 Å². The van der Waals surface area contributed by atoms with E-state index in [1.165, 1.54) is 11.0 Å². The quantitative estimate of drug-likeness (QED) is 0.378. The number of para-hydroxylation sites is 2. The van der Waals surface area contributed by atoms with E-state index in [0.717, 1.165) is 11.1 Å². The van der Waals surface area contributed by atoms with Gasteiger partial charge in [-0.2, -0.15) is 0 Å². The third-order valence-electron chi connectivity index (χ3n) is 6.39. The number of aromatic hydroxyl groups is 1. The molecule has 0 aliphatic carbocycles. The van der Waals surface area contributed by atoms with E-state index in [0.29, 0.717) is 12.1 Å². The molecule has 0 spiro atoms. The Bertz CT molecular complexity index is 1130. The second kappa shape index (κ2) is 12.3. The lowest BCUT2D eigenvalue weighted by Gasteiger charge is -2.44. The Morgan fingerprint density at radius 2 is 1.55 bits per heavy atom. The van der Waals surface area contributed by atoms with Gasteiger partial charge in [-0.3, -0.25) is 9.59 Å². The Labute approximate surface area is 225 Å². The molecule has 9 heteroatoms. The summed E-state index contributed by atoms with van der Waals surface area (Å²) in [4.78, 5) is 41.8. The zero-order valence-corrected chi connectivity index (χ0v) is 23.6. The molecule has 3 amide bonds. The first-order valence-corrected chi connectivity index (χ1v) is 12.7. The fourth-order valence-electron chi connectivity index (χ4n) is 4.07. The third-order valence-corrected chi connectivity index (χ3v) is 6.39. The molecular formula is C29H41N3O6. The number of carbonyl (C=O) groups is 3. The van der Waals surface area contributed by atoms with E-state index in [1.807, 2.05) is 39.0 Å². The van der Waals surface area contributed by atoms with Gasteiger partial charge in [-0.1, -0.05) is 43.3 Å². The molecular weight excluding hydrogens is 486 g/mol. The minimum atomic E-state index is -1.39. The maximum absolute atomic E-state index is 14.0. The van der Waals surface area contributed by atoms with Crippen molar-refractivity contribution in [2.45, 2.75) is 85.0 Å². The van der Waals surface area contributed by atoms with Gasteiger partial charge in [-0.25, -0.2) is 4.79 Å². The predicted molar refractivity (Wildman–Crippen MR) is 147 cm³/mol. The Morgan fingerprint density at radius 3 is 2.05 bits per heavy atom. The topological polar surface area (TPSA) is 128 Å². The average molecular weight is 528 g/mol. The molecule has 0 fully saturated rings. The number of amides is 3. The molecule has 0 heterocycles. The van der Waals surface area contributed by atoms with E-state index in [1.54, 1.807) is 52.8 Å². The molecule has 2 aromatic rings. The molecule has 2 aromatic carbocycles. The summed E-state index contributed by atoms with van der Waals surface area (Å²) >= 11 is 0. The zero-order valence-electron chi connectivity index (χ0n) is 23.6. The number of rotatable bonds is 9. The van der Waals surface area contributed by atoms with Crippen LogP contribution in [0.4, 0.5) is 10.5 Å². The van der Waals surface area contributed by atoms with Crippen LogP contribution < -0.4 is 10.6 Å². The van der Waals surface area contributed by atoms with Gasteiger partial charge in [0.1, 0.15) is 23.4 Å². The fourth-order valence-corrected chi connectivity index (χ4v) is 4.07. The minimum Gasteiger partial charge on any atom is -0.508 e. The van der Waals surface area contributed by atoms with Crippen LogP contribution in [0.1, 0.15) is 70.7 Å². The van der Waals surface area contributed by atoms with E-state index in [9.17, 15) is 24.6 Å². The Morgan fingerprint density at radius 1 is 0.974 bits per heavy atom. The van der Waals surface area contributed by atoms with E-state index in [2.05, 4.69) is 10.6 Å². The highest BCUT2D eigenvalue weighted by Crippen LogP contribution is 2.37. The average Bonchev–Trinajstić information content (AvgIpc) is 2.82. The van der Waals surface area contributed by atoms with Crippen LogP contribution >= 0.6 is 0 Å². The highest BCUT2D eigenvalue weighted by atomic mass is 16.6. The largest absolute Gasteiger partial charge is 0.508 e. The van der Waals surface area contributed by atoms with Crippen LogP contribution in [-0.4, -0.2) is 56.8 Å². The number of alkyl carbamates (subject to hydrolysis) is 1. The number of nitrogens with zero attached hydrogens (tertiary/aromatic N) is 1. The lowest BCUT2D eigenvalue weighted by atomic mass is 9.91. The molecule has 9 nitrogen and oxygen atoms in total. The van der Waals surface area contributed by atoms with Gasteiger partial charge >= 0.3 is 6.09 Å². The maximum Gasteiger partial charge on any atom is 0.408 e. The van der Waals surface area contributed by atoms with Crippen LogP contribution in [0.15, 0.2) is 42.5 Å². The molecule has 0 radical (unpaired) electrons.